The van der Waals surface area contributed by atoms with Gasteiger partial charge < -0.3 is 19.7 Å². The monoisotopic (exact) mass is 726 g/mol. The van der Waals surface area contributed by atoms with Crippen molar-refractivity contribution in [2.45, 2.75) is 92.9 Å². The Bertz CT molecular complexity index is 1600. The molecule has 0 fully saturated rings. The lowest BCUT2D eigenvalue weighted by Crippen LogP contribution is -2.47. The van der Waals surface area contributed by atoms with Crippen molar-refractivity contribution in [3.05, 3.63) is 69.6 Å². The Morgan fingerprint density at radius 3 is 2.14 bits per heavy atom. The SMILES string of the molecule is Cc1cc(-c2nc(N(CCC(=O)NCCN=C(NC(=O)OC(C)(C)C)NC(=O)OC(C)(C)C)Cc3ccccc3)sc2CC(C)C)ccc1Cl. The molecule has 3 amide bonds. The number of nitrogens with one attached hydrogen (secondary N) is 3. The van der Waals surface area contributed by atoms with Crippen molar-refractivity contribution in [3.8, 4) is 11.3 Å². The van der Waals surface area contributed by atoms with Crippen LogP contribution in [0.4, 0.5) is 14.7 Å². The number of carbonyl (C=O) groups excluding carboxylic acids is 3. The zero-order chi connectivity index (χ0) is 37.1. The van der Waals surface area contributed by atoms with Crippen molar-refractivity contribution in [1.82, 2.24) is 20.9 Å². The van der Waals surface area contributed by atoms with Gasteiger partial charge in [0.25, 0.3) is 0 Å². The molecule has 3 N–H and O–H groups in total. The van der Waals surface area contributed by atoms with Crippen LogP contribution < -0.4 is 20.9 Å². The number of rotatable bonds is 12. The van der Waals surface area contributed by atoms with Crippen molar-refractivity contribution in [1.29, 1.82) is 0 Å². The number of thiazole rings is 1. The molecule has 0 aliphatic carbocycles. The summed E-state index contributed by atoms with van der Waals surface area (Å²) < 4.78 is 10.6. The summed E-state index contributed by atoms with van der Waals surface area (Å²) in [5.41, 5.74) is 2.54. The Labute approximate surface area is 305 Å². The van der Waals surface area contributed by atoms with E-state index in [2.05, 4.69) is 57.9 Å². The van der Waals surface area contributed by atoms with Crippen LogP contribution in [0, 0.1) is 12.8 Å². The zero-order valence-electron chi connectivity index (χ0n) is 30.6. The lowest BCUT2D eigenvalue weighted by atomic mass is 10.0. The predicted molar refractivity (Wildman–Crippen MR) is 202 cm³/mol. The van der Waals surface area contributed by atoms with Crippen LogP contribution in [0.5, 0.6) is 0 Å². The molecule has 0 atom stereocenters. The molecule has 272 valence electrons. The Kier molecular flexibility index (Phi) is 14.6. The fraction of sp³-hybridized carbons (Fsp3) is 0.486. The maximum absolute atomic E-state index is 13.1. The van der Waals surface area contributed by atoms with Gasteiger partial charge in [-0.3, -0.25) is 20.4 Å². The van der Waals surface area contributed by atoms with Gasteiger partial charge in [0.2, 0.25) is 11.9 Å². The van der Waals surface area contributed by atoms with Crippen LogP contribution >= 0.6 is 22.9 Å². The Balaban J connectivity index is 1.72. The lowest BCUT2D eigenvalue weighted by Gasteiger charge is -2.22. The van der Waals surface area contributed by atoms with E-state index in [0.29, 0.717) is 24.0 Å². The number of ether oxygens (including phenoxy) is 2. The van der Waals surface area contributed by atoms with E-state index in [9.17, 15) is 14.4 Å². The summed E-state index contributed by atoms with van der Waals surface area (Å²) >= 11 is 7.99. The molecule has 3 rings (SSSR count). The largest absolute Gasteiger partial charge is 0.444 e. The highest BCUT2D eigenvalue weighted by Gasteiger charge is 2.22. The summed E-state index contributed by atoms with van der Waals surface area (Å²) in [5, 5.41) is 9.32. The highest BCUT2D eigenvalue weighted by atomic mass is 35.5. The van der Waals surface area contributed by atoms with E-state index in [1.807, 2.05) is 37.3 Å². The number of anilines is 1. The van der Waals surface area contributed by atoms with E-state index in [1.54, 1.807) is 52.9 Å². The number of amides is 3. The third-order valence-corrected chi connectivity index (χ3v) is 8.31. The summed E-state index contributed by atoms with van der Waals surface area (Å²) in [4.78, 5) is 50.5. The molecule has 1 heterocycles. The molecule has 2 aromatic carbocycles. The van der Waals surface area contributed by atoms with Gasteiger partial charge in [0.1, 0.15) is 11.2 Å². The first kappa shape index (κ1) is 40.3. The smallest absolute Gasteiger partial charge is 0.414 e. The van der Waals surface area contributed by atoms with Gasteiger partial charge in [0.05, 0.1) is 12.2 Å². The maximum Gasteiger partial charge on any atom is 0.414 e. The zero-order valence-corrected chi connectivity index (χ0v) is 32.2. The number of aryl methyl sites for hydroxylation is 1. The molecule has 0 spiro atoms. The van der Waals surface area contributed by atoms with Gasteiger partial charge in [0, 0.05) is 41.5 Å². The molecule has 50 heavy (non-hydrogen) atoms. The number of halogens is 1. The first-order chi connectivity index (χ1) is 23.4. The Hall–Kier alpha value is -4.16. The molecule has 0 aliphatic rings. The van der Waals surface area contributed by atoms with Crippen LogP contribution in [0.3, 0.4) is 0 Å². The molecule has 0 radical (unpaired) electrons. The number of hydrogen-bond acceptors (Lipinski definition) is 9. The fourth-order valence-corrected chi connectivity index (χ4v) is 6.08. The van der Waals surface area contributed by atoms with Crippen molar-refractivity contribution >= 4 is 52.1 Å². The second kappa shape index (κ2) is 18.2. The minimum Gasteiger partial charge on any atom is -0.444 e. The van der Waals surface area contributed by atoms with E-state index < -0.39 is 23.4 Å². The maximum atomic E-state index is 13.1. The molecule has 1 aromatic heterocycles. The normalized spacial score (nSPS) is 11.5. The van der Waals surface area contributed by atoms with Crippen LogP contribution in [-0.2, 0) is 27.2 Å². The highest BCUT2D eigenvalue weighted by Crippen LogP contribution is 2.36. The molecule has 0 saturated heterocycles. The topological polar surface area (TPSA) is 134 Å². The van der Waals surface area contributed by atoms with Gasteiger partial charge in [0.15, 0.2) is 5.13 Å². The first-order valence-corrected chi connectivity index (χ1v) is 17.9. The molecule has 13 heteroatoms. The van der Waals surface area contributed by atoms with Crippen molar-refractivity contribution < 1.29 is 23.9 Å². The van der Waals surface area contributed by atoms with Crippen molar-refractivity contribution in [2.75, 3.05) is 24.5 Å². The number of nitrogens with zero attached hydrogens (tertiary/aromatic N) is 3. The third-order valence-electron chi connectivity index (χ3n) is 6.75. The summed E-state index contributed by atoms with van der Waals surface area (Å²) in [5.74, 6) is 0.114. The quantitative estimate of drug-likeness (QED) is 0.0982. The van der Waals surface area contributed by atoms with E-state index in [4.69, 9.17) is 26.1 Å². The van der Waals surface area contributed by atoms with Gasteiger partial charge in [-0.25, -0.2) is 14.6 Å². The summed E-state index contributed by atoms with van der Waals surface area (Å²) in [6.45, 7) is 18.0. The molecule has 0 aliphatic heterocycles. The summed E-state index contributed by atoms with van der Waals surface area (Å²) in [6, 6.07) is 16.1. The second-order valence-corrected chi connectivity index (χ2v) is 15.8. The van der Waals surface area contributed by atoms with Gasteiger partial charge in [-0.2, -0.15) is 0 Å². The van der Waals surface area contributed by atoms with Gasteiger partial charge >= 0.3 is 12.2 Å². The number of aromatic nitrogens is 1. The minimum absolute atomic E-state index is 0.0787. The van der Waals surface area contributed by atoms with Crippen molar-refractivity contribution in [2.24, 2.45) is 10.9 Å². The molecule has 11 nitrogen and oxygen atoms in total. The second-order valence-electron chi connectivity index (χ2n) is 14.3. The summed E-state index contributed by atoms with van der Waals surface area (Å²) in [7, 11) is 0. The number of benzene rings is 2. The van der Waals surface area contributed by atoms with Crippen LogP contribution in [0.1, 0.15) is 77.8 Å². The number of aliphatic imine (C=N–C) groups is 1. The summed E-state index contributed by atoms with van der Waals surface area (Å²) in [6.07, 6.45) is -0.488. The van der Waals surface area contributed by atoms with Crippen LogP contribution in [-0.4, -0.2) is 59.9 Å². The molecule has 0 bridgehead atoms. The van der Waals surface area contributed by atoms with E-state index in [-0.39, 0.29) is 31.4 Å². The average molecular weight is 727 g/mol. The fourth-order valence-electron chi connectivity index (χ4n) is 4.65. The first-order valence-electron chi connectivity index (χ1n) is 16.7. The van der Waals surface area contributed by atoms with Gasteiger partial charge in [-0.05, 0) is 84.1 Å². The molecule has 0 unspecified atom stereocenters. The number of carbonyl (C=O) groups is 3. The van der Waals surface area contributed by atoms with Gasteiger partial charge in [-0.1, -0.05) is 61.8 Å². The molecule has 3 aromatic rings. The van der Waals surface area contributed by atoms with Crippen LogP contribution in [0.2, 0.25) is 5.02 Å². The molecular formula is C37H51ClN6O5S. The Morgan fingerprint density at radius 2 is 1.58 bits per heavy atom. The van der Waals surface area contributed by atoms with Crippen LogP contribution in [0.25, 0.3) is 11.3 Å². The van der Waals surface area contributed by atoms with Gasteiger partial charge in [-0.15, -0.1) is 11.3 Å². The van der Waals surface area contributed by atoms with E-state index in [1.165, 1.54) is 4.88 Å². The number of guanidine groups is 1. The average Bonchev–Trinajstić information content (AvgIpc) is 3.40. The number of alkyl carbamates (subject to hydrolysis) is 2. The lowest BCUT2D eigenvalue weighted by molar-refractivity contribution is -0.120. The van der Waals surface area contributed by atoms with E-state index in [0.717, 1.165) is 33.9 Å². The third kappa shape index (κ3) is 14.4. The Morgan fingerprint density at radius 1 is 0.960 bits per heavy atom. The highest BCUT2D eigenvalue weighted by molar-refractivity contribution is 7.16. The van der Waals surface area contributed by atoms with Crippen LogP contribution in [0.15, 0.2) is 53.5 Å². The molecular weight excluding hydrogens is 676 g/mol. The predicted octanol–water partition coefficient (Wildman–Crippen LogP) is 7.89. The standard InChI is InChI=1S/C37H51ClN6O5S/c1-24(2)21-29-31(27-15-16-28(38)25(3)22-27)41-33(50-29)44(23-26-13-11-10-12-14-26)20-17-30(45)39-18-19-40-32(42-34(46)48-36(4,5)6)43-35(47)49-37(7,8)9/h10-16,22,24H,17-21,23H2,1-9H3,(H,39,45)(H2,40,42,43,46,47). The van der Waals surface area contributed by atoms with Crippen molar-refractivity contribution in [3.63, 3.8) is 0 Å². The van der Waals surface area contributed by atoms with E-state index >= 15 is 0 Å². The molecule has 0 saturated carbocycles. The minimum atomic E-state index is -0.789. The number of hydrogen-bond donors (Lipinski definition) is 3.